The lowest BCUT2D eigenvalue weighted by molar-refractivity contribution is -0.137. The number of benzene rings is 1. The van der Waals surface area contributed by atoms with Crippen LogP contribution in [-0.4, -0.2) is 15.6 Å². The molecule has 3 nitrogen and oxygen atoms in total. The monoisotopic (exact) mass is 325 g/mol. The van der Waals surface area contributed by atoms with Gasteiger partial charge in [-0.3, -0.25) is 0 Å². The second-order valence-corrected chi connectivity index (χ2v) is 6.21. The van der Waals surface area contributed by atoms with Crippen LogP contribution >= 0.6 is 0 Å². The average molecular weight is 325 g/mol. The van der Waals surface area contributed by atoms with Crippen molar-refractivity contribution in [2.24, 2.45) is 0 Å². The van der Waals surface area contributed by atoms with Crippen molar-refractivity contribution in [3.63, 3.8) is 0 Å². The van der Waals surface area contributed by atoms with Crippen molar-refractivity contribution in [2.75, 3.05) is 5.32 Å². The van der Waals surface area contributed by atoms with Gasteiger partial charge in [0.25, 0.3) is 0 Å². The molecule has 0 fully saturated rings. The van der Waals surface area contributed by atoms with E-state index in [0.29, 0.717) is 6.42 Å². The fourth-order valence-corrected chi connectivity index (χ4v) is 2.49. The molecule has 6 heteroatoms. The zero-order valence-electron chi connectivity index (χ0n) is 13.8. The fourth-order valence-electron chi connectivity index (χ4n) is 2.49. The molecule has 23 heavy (non-hydrogen) atoms. The molecule has 2 rings (SSSR count). The minimum atomic E-state index is -4.30. The Balaban J connectivity index is 2.24. The van der Waals surface area contributed by atoms with Crippen LogP contribution in [0, 0.1) is 0 Å². The zero-order chi connectivity index (χ0) is 17.2. The molecule has 0 aliphatic heterocycles. The average Bonchev–Trinajstić information content (AvgIpc) is 2.80. The van der Waals surface area contributed by atoms with E-state index in [1.165, 1.54) is 12.1 Å². The molecule has 1 heterocycles. The Bertz CT molecular complexity index is 640. The Labute approximate surface area is 134 Å². The smallest absolute Gasteiger partial charge is 0.353 e. The molecule has 0 amide bonds. The Morgan fingerprint density at radius 2 is 1.70 bits per heavy atom. The largest absolute Gasteiger partial charge is 0.416 e. The zero-order valence-corrected chi connectivity index (χ0v) is 13.8. The van der Waals surface area contributed by atoms with Gasteiger partial charge in [0, 0.05) is 24.2 Å². The van der Waals surface area contributed by atoms with E-state index in [4.69, 9.17) is 0 Å². The van der Waals surface area contributed by atoms with E-state index >= 15 is 0 Å². The summed E-state index contributed by atoms with van der Waals surface area (Å²) >= 11 is 0. The first-order valence-electron chi connectivity index (χ1n) is 7.67. The SMILES string of the molecule is CC(C)Nc1ncc(Cc2ccc(C(F)(F)F)cc2)n1C(C)C. The van der Waals surface area contributed by atoms with Crippen molar-refractivity contribution < 1.29 is 13.2 Å². The topological polar surface area (TPSA) is 29.9 Å². The Kier molecular flexibility index (Phi) is 5.02. The highest BCUT2D eigenvalue weighted by Crippen LogP contribution is 2.29. The summed E-state index contributed by atoms with van der Waals surface area (Å²) in [6.07, 6.45) is -1.97. The van der Waals surface area contributed by atoms with Crippen molar-refractivity contribution in [1.82, 2.24) is 9.55 Å². The van der Waals surface area contributed by atoms with Crippen molar-refractivity contribution in [3.05, 3.63) is 47.3 Å². The molecule has 2 aromatic rings. The number of imidazole rings is 1. The molecule has 0 bridgehead atoms. The number of anilines is 1. The number of rotatable bonds is 5. The van der Waals surface area contributed by atoms with Crippen LogP contribution in [-0.2, 0) is 12.6 Å². The van der Waals surface area contributed by atoms with E-state index < -0.39 is 11.7 Å². The van der Waals surface area contributed by atoms with Crippen molar-refractivity contribution in [1.29, 1.82) is 0 Å². The lowest BCUT2D eigenvalue weighted by Gasteiger charge is -2.18. The van der Waals surface area contributed by atoms with E-state index in [0.717, 1.165) is 29.3 Å². The van der Waals surface area contributed by atoms with Crippen LogP contribution in [0.15, 0.2) is 30.5 Å². The number of nitrogens with one attached hydrogen (secondary N) is 1. The molecular formula is C17H22F3N3. The van der Waals surface area contributed by atoms with E-state index in [2.05, 4.69) is 28.7 Å². The molecular weight excluding hydrogens is 303 g/mol. The molecule has 0 saturated heterocycles. The molecule has 1 N–H and O–H groups in total. The summed E-state index contributed by atoms with van der Waals surface area (Å²) < 4.78 is 39.9. The summed E-state index contributed by atoms with van der Waals surface area (Å²) in [7, 11) is 0. The molecule has 0 radical (unpaired) electrons. The summed E-state index contributed by atoms with van der Waals surface area (Å²) in [5.41, 5.74) is 1.18. The molecule has 1 aromatic carbocycles. The Morgan fingerprint density at radius 1 is 1.09 bits per heavy atom. The van der Waals surface area contributed by atoms with Crippen LogP contribution in [0.5, 0.6) is 0 Å². The van der Waals surface area contributed by atoms with Gasteiger partial charge >= 0.3 is 6.18 Å². The van der Waals surface area contributed by atoms with Gasteiger partial charge in [-0.2, -0.15) is 13.2 Å². The molecule has 1 aromatic heterocycles. The fraction of sp³-hybridized carbons (Fsp3) is 0.471. The standard InChI is InChI=1S/C17H22F3N3/c1-11(2)22-16-21-10-15(23(16)12(3)4)9-13-5-7-14(8-6-13)17(18,19)20/h5-8,10-12H,9H2,1-4H3,(H,21,22). The van der Waals surface area contributed by atoms with Gasteiger partial charge in [0.2, 0.25) is 5.95 Å². The summed E-state index contributed by atoms with van der Waals surface area (Å²) in [6.45, 7) is 8.19. The maximum Gasteiger partial charge on any atom is 0.416 e. The van der Waals surface area contributed by atoms with E-state index in [1.807, 2.05) is 13.8 Å². The van der Waals surface area contributed by atoms with Crippen molar-refractivity contribution >= 4 is 5.95 Å². The second-order valence-electron chi connectivity index (χ2n) is 6.21. The van der Waals surface area contributed by atoms with Gasteiger partial charge in [-0.1, -0.05) is 12.1 Å². The first-order valence-corrected chi connectivity index (χ1v) is 7.67. The lowest BCUT2D eigenvalue weighted by atomic mass is 10.1. The minimum absolute atomic E-state index is 0.211. The van der Waals surface area contributed by atoms with Crippen LogP contribution in [0.1, 0.15) is 50.6 Å². The van der Waals surface area contributed by atoms with E-state index in [-0.39, 0.29) is 12.1 Å². The number of alkyl halides is 3. The summed E-state index contributed by atoms with van der Waals surface area (Å²) in [6, 6.07) is 5.76. The van der Waals surface area contributed by atoms with E-state index in [9.17, 15) is 13.2 Å². The third-order valence-corrected chi connectivity index (χ3v) is 3.47. The summed E-state index contributed by atoms with van der Waals surface area (Å²) in [5, 5.41) is 3.29. The molecule has 0 aliphatic carbocycles. The normalized spacial score (nSPS) is 12.2. The van der Waals surface area contributed by atoms with Crippen LogP contribution in [0.25, 0.3) is 0 Å². The van der Waals surface area contributed by atoms with Crippen LogP contribution in [0.3, 0.4) is 0 Å². The summed E-state index contributed by atoms with van der Waals surface area (Å²) in [4.78, 5) is 4.40. The van der Waals surface area contributed by atoms with Crippen LogP contribution < -0.4 is 5.32 Å². The number of hydrogen-bond acceptors (Lipinski definition) is 2. The van der Waals surface area contributed by atoms with Gasteiger partial charge in [-0.15, -0.1) is 0 Å². The molecule has 0 saturated carbocycles. The molecule has 126 valence electrons. The second kappa shape index (κ2) is 6.64. The third-order valence-electron chi connectivity index (χ3n) is 3.47. The van der Waals surface area contributed by atoms with Crippen LogP contribution in [0.4, 0.5) is 19.1 Å². The Morgan fingerprint density at radius 3 is 2.17 bits per heavy atom. The maximum atomic E-state index is 12.6. The van der Waals surface area contributed by atoms with Crippen molar-refractivity contribution in [3.8, 4) is 0 Å². The lowest BCUT2D eigenvalue weighted by Crippen LogP contribution is -2.17. The first kappa shape index (κ1) is 17.4. The molecule has 0 aliphatic rings. The predicted octanol–water partition coefficient (Wildman–Crippen LogP) is 4.89. The van der Waals surface area contributed by atoms with Gasteiger partial charge in [-0.25, -0.2) is 4.98 Å². The highest BCUT2D eigenvalue weighted by Gasteiger charge is 2.29. The van der Waals surface area contributed by atoms with Crippen LogP contribution in [0.2, 0.25) is 0 Å². The van der Waals surface area contributed by atoms with Crippen molar-refractivity contribution in [2.45, 2.75) is 52.4 Å². The number of aromatic nitrogens is 2. The maximum absolute atomic E-state index is 12.6. The molecule has 0 atom stereocenters. The van der Waals surface area contributed by atoms with E-state index in [1.54, 1.807) is 6.20 Å². The number of hydrogen-bond donors (Lipinski definition) is 1. The molecule has 0 unspecified atom stereocenters. The highest BCUT2D eigenvalue weighted by atomic mass is 19.4. The van der Waals surface area contributed by atoms with Gasteiger partial charge in [0.1, 0.15) is 0 Å². The number of nitrogens with zero attached hydrogens (tertiary/aromatic N) is 2. The first-order chi connectivity index (χ1) is 10.7. The van der Waals surface area contributed by atoms with Gasteiger partial charge in [-0.05, 0) is 45.4 Å². The van der Waals surface area contributed by atoms with Gasteiger partial charge in [0.15, 0.2) is 0 Å². The third kappa shape index (κ3) is 4.27. The highest BCUT2D eigenvalue weighted by molar-refractivity contribution is 5.34. The minimum Gasteiger partial charge on any atom is -0.353 e. The van der Waals surface area contributed by atoms with Gasteiger partial charge in [0.05, 0.1) is 11.8 Å². The number of halogens is 3. The molecule has 0 spiro atoms. The predicted molar refractivity (Wildman–Crippen MR) is 85.6 cm³/mol. The van der Waals surface area contributed by atoms with Gasteiger partial charge < -0.3 is 9.88 Å². The quantitative estimate of drug-likeness (QED) is 0.848. The summed E-state index contributed by atoms with van der Waals surface area (Å²) in [5.74, 6) is 0.789. The Hall–Kier alpha value is -1.98.